The Kier molecular flexibility index (Phi) is 12.4. The standard InChI is InChI=1S/C23H39N5OS.HI/c1-4-24-23(26-18-22(19(2)3)28-9-13-29-14-10-28)25-17-20-5-7-21(8-6-20)27-11-15-30-16-12-27;/h5-8,19,22H,4,9-18H2,1-3H3,(H2,24,25,26);1H. The average Bonchev–Trinajstić information content (AvgIpc) is 2.79. The zero-order chi connectivity index (χ0) is 21.2. The zero-order valence-corrected chi connectivity index (χ0v) is 22.5. The van der Waals surface area contributed by atoms with Crippen LogP contribution in [0.5, 0.6) is 0 Å². The van der Waals surface area contributed by atoms with Gasteiger partial charge in [0.05, 0.1) is 19.8 Å². The number of nitrogens with zero attached hydrogens (tertiary/aromatic N) is 3. The fourth-order valence-electron chi connectivity index (χ4n) is 4.04. The number of benzene rings is 1. The van der Waals surface area contributed by atoms with Gasteiger partial charge >= 0.3 is 0 Å². The van der Waals surface area contributed by atoms with Crippen molar-refractivity contribution in [2.75, 3.05) is 68.9 Å². The number of guanidine groups is 1. The Morgan fingerprint density at radius 1 is 1.06 bits per heavy atom. The molecule has 0 spiro atoms. The van der Waals surface area contributed by atoms with Crippen LogP contribution < -0.4 is 15.5 Å². The third-order valence-electron chi connectivity index (χ3n) is 5.84. The lowest BCUT2D eigenvalue weighted by atomic mass is 10.0. The molecule has 0 amide bonds. The van der Waals surface area contributed by atoms with Gasteiger partial charge in [0.15, 0.2) is 5.96 Å². The minimum absolute atomic E-state index is 0. The lowest BCUT2D eigenvalue weighted by Crippen LogP contribution is -2.52. The van der Waals surface area contributed by atoms with Gasteiger partial charge in [0.1, 0.15) is 0 Å². The van der Waals surface area contributed by atoms with Gasteiger partial charge in [-0.1, -0.05) is 26.0 Å². The van der Waals surface area contributed by atoms with Gasteiger partial charge in [0.2, 0.25) is 0 Å². The molecule has 3 rings (SSSR count). The summed E-state index contributed by atoms with van der Waals surface area (Å²) in [6.45, 7) is 15.2. The molecule has 8 heteroatoms. The third-order valence-corrected chi connectivity index (χ3v) is 6.78. The highest BCUT2D eigenvalue weighted by molar-refractivity contribution is 14.0. The van der Waals surface area contributed by atoms with E-state index in [4.69, 9.17) is 9.73 Å². The first-order chi connectivity index (χ1) is 14.7. The lowest BCUT2D eigenvalue weighted by molar-refractivity contribution is 0.00752. The Morgan fingerprint density at radius 3 is 2.35 bits per heavy atom. The number of hydrogen-bond acceptors (Lipinski definition) is 5. The SMILES string of the molecule is CCNC(=NCc1ccc(N2CCSCC2)cc1)NCC(C(C)C)N1CCOCC1.I. The Bertz CT molecular complexity index is 646. The maximum Gasteiger partial charge on any atom is 0.191 e. The largest absolute Gasteiger partial charge is 0.379 e. The summed E-state index contributed by atoms with van der Waals surface area (Å²) in [7, 11) is 0. The van der Waals surface area contributed by atoms with E-state index in [9.17, 15) is 0 Å². The van der Waals surface area contributed by atoms with Crippen LogP contribution in [0.15, 0.2) is 29.3 Å². The van der Waals surface area contributed by atoms with E-state index in [1.54, 1.807) is 0 Å². The summed E-state index contributed by atoms with van der Waals surface area (Å²) in [6.07, 6.45) is 0. The molecule has 1 aromatic rings. The van der Waals surface area contributed by atoms with Crippen molar-refractivity contribution < 1.29 is 4.74 Å². The maximum absolute atomic E-state index is 5.53. The molecular formula is C23H40IN5OS. The number of rotatable bonds is 8. The molecule has 1 aromatic carbocycles. The number of aliphatic imine (C=N–C) groups is 1. The molecule has 31 heavy (non-hydrogen) atoms. The number of anilines is 1. The summed E-state index contributed by atoms with van der Waals surface area (Å²) in [6, 6.07) is 9.41. The molecule has 2 aliphatic heterocycles. The first-order valence-electron chi connectivity index (χ1n) is 11.4. The Morgan fingerprint density at radius 2 is 1.74 bits per heavy atom. The predicted octanol–water partition coefficient (Wildman–Crippen LogP) is 3.27. The van der Waals surface area contributed by atoms with Crippen molar-refractivity contribution in [3.63, 3.8) is 0 Å². The second-order valence-electron chi connectivity index (χ2n) is 8.30. The van der Waals surface area contributed by atoms with Crippen LogP contribution in [0.3, 0.4) is 0 Å². The van der Waals surface area contributed by atoms with E-state index in [1.165, 1.54) is 22.8 Å². The number of hydrogen-bond donors (Lipinski definition) is 2. The number of nitrogens with one attached hydrogen (secondary N) is 2. The van der Waals surface area contributed by atoms with Crippen LogP contribution in [0.2, 0.25) is 0 Å². The molecule has 6 nitrogen and oxygen atoms in total. The fraction of sp³-hybridized carbons (Fsp3) is 0.696. The van der Waals surface area contributed by atoms with E-state index in [-0.39, 0.29) is 24.0 Å². The smallest absolute Gasteiger partial charge is 0.191 e. The van der Waals surface area contributed by atoms with E-state index in [2.05, 4.69) is 65.5 Å². The number of morpholine rings is 1. The molecule has 2 saturated heterocycles. The van der Waals surface area contributed by atoms with Gasteiger partial charge in [0.25, 0.3) is 0 Å². The Labute approximate surface area is 210 Å². The van der Waals surface area contributed by atoms with Crippen LogP contribution in [-0.2, 0) is 11.3 Å². The summed E-state index contributed by atoms with van der Waals surface area (Å²) < 4.78 is 5.53. The van der Waals surface area contributed by atoms with E-state index >= 15 is 0 Å². The summed E-state index contributed by atoms with van der Waals surface area (Å²) in [4.78, 5) is 9.86. The molecule has 2 heterocycles. The van der Waals surface area contributed by atoms with Crippen molar-refractivity contribution in [3.05, 3.63) is 29.8 Å². The van der Waals surface area contributed by atoms with E-state index in [1.807, 2.05) is 11.8 Å². The van der Waals surface area contributed by atoms with Gasteiger partial charge in [-0.15, -0.1) is 24.0 Å². The van der Waals surface area contributed by atoms with Crippen molar-refractivity contribution >= 4 is 47.4 Å². The average molecular weight is 562 g/mol. The molecule has 176 valence electrons. The van der Waals surface area contributed by atoms with Crippen LogP contribution in [0.25, 0.3) is 0 Å². The highest BCUT2D eigenvalue weighted by atomic mass is 127. The second-order valence-corrected chi connectivity index (χ2v) is 9.53. The number of ether oxygens (including phenoxy) is 1. The van der Waals surface area contributed by atoms with Crippen molar-refractivity contribution in [3.8, 4) is 0 Å². The molecule has 0 bridgehead atoms. The van der Waals surface area contributed by atoms with Crippen LogP contribution in [-0.4, -0.2) is 80.9 Å². The molecule has 0 saturated carbocycles. The summed E-state index contributed by atoms with van der Waals surface area (Å²) >= 11 is 2.05. The summed E-state index contributed by atoms with van der Waals surface area (Å²) in [5.41, 5.74) is 2.58. The van der Waals surface area contributed by atoms with Gasteiger partial charge in [-0.2, -0.15) is 11.8 Å². The highest BCUT2D eigenvalue weighted by Gasteiger charge is 2.23. The van der Waals surface area contributed by atoms with Crippen LogP contribution in [0, 0.1) is 5.92 Å². The molecule has 0 aromatic heterocycles. The Hall–Kier alpha value is -0.710. The monoisotopic (exact) mass is 561 g/mol. The highest BCUT2D eigenvalue weighted by Crippen LogP contribution is 2.20. The molecular weight excluding hydrogens is 521 g/mol. The molecule has 0 radical (unpaired) electrons. The van der Waals surface area contributed by atoms with E-state index in [0.29, 0.717) is 18.5 Å². The third kappa shape index (κ3) is 8.63. The first kappa shape index (κ1) is 26.5. The van der Waals surface area contributed by atoms with Crippen molar-refractivity contribution in [2.24, 2.45) is 10.9 Å². The van der Waals surface area contributed by atoms with Crippen molar-refractivity contribution in [2.45, 2.75) is 33.4 Å². The van der Waals surface area contributed by atoms with Gasteiger partial charge in [0, 0.05) is 62.5 Å². The molecule has 1 atom stereocenters. The van der Waals surface area contributed by atoms with Crippen molar-refractivity contribution in [1.82, 2.24) is 15.5 Å². The lowest BCUT2D eigenvalue weighted by Gasteiger charge is -2.37. The molecule has 2 N–H and O–H groups in total. The number of halogens is 1. The van der Waals surface area contributed by atoms with Crippen LogP contribution in [0.4, 0.5) is 5.69 Å². The molecule has 2 aliphatic rings. The van der Waals surface area contributed by atoms with Gasteiger partial charge in [-0.25, -0.2) is 4.99 Å². The van der Waals surface area contributed by atoms with Gasteiger partial charge in [-0.3, -0.25) is 4.90 Å². The summed E-state index contributed by atoms with van der Waals surface area (Å²) in [5.74, 6) is 3.93. The van der Waals surface area contributed by atoms with Gasteiger partial charge < -0.3 is 20.3 Å². The molecule has 2 fully saturated rings. The maximum atomic E-state index is 5.53. The fourth-order valence-corrected chi connectivity index (χ4v) is 4.95. The Balaban J connectivity index is 0.00000341. The van der Waals surface area contributed by atoms with Crippen LogP contribution >= 0.6 is 35.7 Å². The molecule has 0 aliphatic carbocycles. The number of thioether (sulfide) groups is 1. The normalized spacial score (nSPS) is 19.1. The van der Waals surface area contributed by atoms with Crippen LogP contribution in [0.1, 0.15) is 26.3 Å². The van der Waals surface area contributed by atoms with E-state index in [0.717, 1.165) is 58.4 Å². The minimum atomic E-state index is 0. The van der Waals surface area contributed by atoms with E-state index < -0.39 is 0 Å². The molecule has 1 unspecified atom stereocenters. The topological polar surface area (TPSA) is 52.1 Å². The predicted molar refractivity (Wildman–Crippen MR) is 145 cm³/mol. The first-order valence-corrected chi connectivity index (χ1v) is 12.6. The van der Waals surface area contributed by atoms with Crippen molar-refractivity contribution in [1.29, 1.82) is 0 Å². The minimum Gasteiger partial charge on any atom is -0.379 e. The quantitative estimate of drug-likeness (QED) is 0.289. The zero-order valence-electron chi connectivity index (χ0n) is 19.3. The van der Waals surface area contributed by atoms with Gasteiger partial charge in [-0.05, 0) is 30.5 Å². The second kappa shape index (κ2) is 14.4. The summed E-state index contributed by atoms with van der Waals surface area (Å²) in [5, 5.41) is 6.98.